The van der Waals surface area contributed by atoms with E-state index >= 15 is 0 Å². The van der Waals surface area contributed by atoms with Gasteiger partial charge in [-0.2, -0.15) is 0 Å². The van der Waals surface area contributed by atoms with Gasteiger partial charge in [0.05, 0.1) is 5.56 Å². The Bertz CT molecular complexity index is 1170. The molecule has 4 aliphatic rings. The van der Waals surface area contributed by atoms with Gasteiger partial charge in [-0.05, 0) is 111 Å². The Hall–Kier alpha value is -3.14. The van der Waals surface area contributed by atoms with Gasteiger partial charge in [-0.25, -0.2) is 4.79 Å². The second-order valence-electron chi connectivity index (χ2n) is 10.6. The lowest BCUT2D eigenvalue weighted by molar-refractivity contribution is -0.150. The highest BCUT2D eigenvalue weighted by Crippen LogP contribution is 2.61. The molecule has 1 atom stereocenters. The summed E-state index contributed by atoms with van der Waals surface area (Å²) in [6.45, 7) is 1.84. The van der Waals surface area contributed by atoms with Crippen LogP contribution in [0, 0.1) is 29.6 Å². The molecule has 0 aromatic heterocycles. The molecule has 1 unspecified atom stereocenters. The van der Waals surface area contributed by atoms with Crippen molar-refractivity contribution in [1.29, 1.82) is 0 Å². The zero-order valence-electron chi connectivity index (χ0n) is 20.8. The molecule has 36 heavy (non-hydrogen) atoms. The van der Waals surface area contributed by atoms with E-state index in [9.17, 15) is 9.59 Å². The van der Waals surface area contributed by atoms with Crippen LogP contribution in [0.15, 0.2) is 42.5 Å². The second-order valence-corrected chi connectivity index (χ2v) is 10.6. The molecular weight excluding hydrogens is 456 g/mol. The minimum Gasteiger partial charge on any atom is -0.478 e. The van der Waals surface area contributed by atoms with Gasteiger partial charge in [0.15, 0.2) is 13.1 Å². The summed E-state index contributed by atoms with van der Waals surface area (Å²) in [6, 6.07) is 11.9. The predicted molar refractivity (Wildman–Crippen MR) is 134 cm³/mol. The van der Waals surface area contributed by atoms with Gasteiger partial charge in [0.1, 0.15) is 5.75 Å². The quantitative estimate of drug-likeness (QED) is 0.303. The van der Waals surface area contributed by atoms with Crippen LogP contribution in [-0.4, -0.2) is 37.1 Å². The number of carbonyl (C=O) groups excluding carboxylic acids is 1. The first-order chi connectivity index (χ1) is 17.3. The number of carboxylic acid groups (broad SMARTS) is 1. The minimum absolute atomic E-state index is 0.0353. The fourth-order valence-corrected chi connectivity index (χ4v) is 6.82. The molecule has 0 saturated heterocycles. The van der Waals surface area contributed by atoms with Gasteiger partial charge in [0.2, 0.25) is 5.78 Å². The molecule has 2 aromatic rings. The Kier molecular flexibility index (Phi) is 6.87. The van der Waals surface area contributed by atoms with E-state index in [0.717, 1.165) is 17.8 Å². The number of hydrogen-bond donors (Lipinski definition) is 1. The smallest absolute Gasteiger partial charge is 0.335 e. The van der Waals surface area contributed by atoms with Crippen LogP contribution in [0.1, 0.15) is 77.3 Å². The fraction of sp³-hybridized carbons (Fsp3) is 0.467. The average molecular weight is 489 g/mol. The van der Waals surface area contributed by atoms with Gasteiger partial charge in [-0.1, -0.05) is 12.0 Å². The normalized spacial score (nSPS) is 26.7. The van der Waals surface area contributed by atoms with E-state index in [1.807, 2.05) is 13.0 Å². The maximum absolute atomic E-state index is 13.0. The highest BCUT2D eigenvalue weighted by molar-refractivity contribution is 6.09. The summed E-state index contributed by atoms with van der Waals surface area (Å²) in [6.07, 6.45) is 7.21. The van der Waals surface area contributed by atoms with E-state index in [1.165, 1.54) is 56.2 Å². The molecule has 0 amide bonds. The van der Waals surface area contributed by atoms with Crippen molar-refractivity contribution >= 4 is 11.8 Å². The monoisotopic (exact) mass is 488 g/mol. The number of ether oxygens (including phenoxy) is 3. The zero-order chi connectivity index (χ0) is 25.3. The Labute approximate surface area is 211 Å². The molecule has 4 aliphatic carbocycles. The number of aromatic carboxylic acids is 1. The van der Waals surface area contributed by atoms with E-state index in [4.69, 9.17) is 19.3 Å². The van der Waals surface area contributed by atoms with Crippen molar-refractivity contribution < 1.29 is 28.9 Å². The molecule has 0 radical (unpaired) electrons. The second kappa shape index (κ2) is 10.1. The summed E-state index contributed by atoms with van der Waals surface area (Å²) in [4.78, 5) is 24.0. The molecule has 188 valence electrons. The summed E-state index contributed by atoms with van der Waals surface area (Å²) >= 11 is 0. The number of rotatable bonds is 8. The highest BCUT2D eigenvalue weighted by atomic mass is 16.7. The third-order valence-corrected chi connectivity index (χ3v) is 8.15. The van der Waals surface area contributed by atoms with Crippen molar-refractivity contribution in [2.24, 2.45) is 17.8 Å². The van der Waals surface area contributed by atoms with Gasteiger partial charge < -0.3 is 19.3 Å². The van der Waals surface area contributed by atoms with Crippen LogP contribution in [0.2, 0.25) is 0 Å². The molecule has 6 heteroatoms. The maximum atomic E-state index is 13.0. The Morgan fingerprint density at radius 1 is 1.00 bits per heavy atom. The van der Waals surface area contributed by atoms with Crippen LogP contribution in [0.5, 0.6) is 5.75 Å². The number of methoxy groups -OCH3 is 1. The van der Waals surface area contributed by atoms with Crippen molar-refractivity contribution in [1.82, 2.24) is 0 Å². The molecule has 1 N–H and O–H groups in total. The lowest BCUT2D eigenvalue weighted by Crippen LogP contribution is -2.48. The average Bonchev–Trinajstić information content (AvgIpc) is 2.86. The van der Waals surface area contributed by atoms with E-state index in [0.29, 0.717) is 16.9 Å². The lowest BCUT2D eigenvalue weighted by atomic mass is 9.48. The summed E-state index contributed by atoms with van der Waals surface area (Å²) in [5.74, 6) is 7.27. The van der Waals surface area contributed by atoms with Gasteiger partial charge >= 0.3 is 5.97 Å². The standard InChI is InChI=1S/C30H32O6/c1-19(34-2)35-18-36-28-14-25(27(31)10-5-20-3-6-24(7-4-20)29(32)33)8-9-26(28)30-15-21-11-22(16-30)13-23(12-21)17-30/h3-4,6-9,14,19,21-23H,11-13,15-18H2,1-2H3,(H,32,33). The SMILES string of the molecule is COC(C)OCOc1cc(C(=O)C#Cc2ccc(C(=O)O)cc2)ccc1C12CC3CC(CC(C3)C1)C2. The van der Waals surface area contributed by atoms with E-state index in [2.05, 4.69) is 17.9 Å². The first-order valence-electron chi connectivity index (χ1n) is 12.7. The van der Waals surface area contributed by atoms with Crippen molar-refractivity contribution in [2.45, 2.75) is 57.2 Å². The number of carboxylic acids is 1. The van der Waals surface area contributed by atoms with Crippen LogP contribution in [0.25, 0.3) is 0 Å². The fourth-order valence-electron chi connectivity index (χ4n) is 6.82. The third-order valence-electron chi connectivity index (χ3n) is 8.15. The van der Waals surface area contributed by atoms with Crippen LogP contribution in [0.3, 0.4) is 0 Å². The molecule has 2 aromatic carbocycles. The zero-order valence-corrected chi connectivity index (χ0v) is 20.8. The van der Waals surface area contributed by atoms with Crippen molar-refractivity contribution in [2.75, 3.05) is 13.9 Å². The van der Waals surface area contributed by atoms with E-state index in [-0.39, 0.29) is 23.6 Å². The third kappa shape index (κ3) is 5.04. The molecule has 4 saturated carbocycles. The number of benzene rings is 2. The number of hydrogen-bond acceptors (Lipinski definition) is 5. The molecule has 0 heterocycles. The molecule has 0 spiro atoms. The van der Waals surface area contributed by atoms with Crippen LogP contribution in [0.4, 0.5) is 0 Å². The number of Topliss-reactive ketones (excluding diaryl/α,β-unsaturated/α-hetero) is 1. The van der Waals surface area contributed by atoms with Crippen LogP contribution in [-0.2, 0) is 14.9 Å². The van der Waals surface area contributed by atoms with Crippen LogP contribution < -0.4 is 4.74 Å². The van der Waals surface area contributed by atoms with Gasteiger partial charge in [-0.15, -0.1) is 0 Å². The molecule has 6 rings (SSSR count). The molecule has 4 bridgehead atoms. The van der Waals surface area contributed by atoms with Crippen molar-refractivity contribution in [3.8, 4) is 17.6 Å². The molecular formula is C30H32O6. The van der Waals surface area contributed by atoms with Crippen LogP contribution >= 0.6 is 0 Å². The Balaban J connectivity index is 1.41. The largest absolute Gasteiger partial charge is 0.478 e. The summed E-state index contributed by atoms with van der Waals surface area (Å²) in [5, 5.41) is 9.04. The highest BCUT2D eigenvalue weighted by Gasteiger charge is 2.52. The molecule has 0 aliphatic heterocycles. The van der Waals surface area contributed by atoms with E-state index in [1.54, 1.807) is 25.3 Å². The predicted octanol–water partition coefficient (Wildman–Crippen LogP) is 5.43. The number of carbonyl (C=O) groups is 2. The van der Waals surface area contributed by atoms with Gasteiger partial charge in [0.25, 0.3) is 0 Å². The topological polar surface area (TPSA) is 82.1 Å². The minimum atomic E-state index is -0.999. The Morgan fingerprint density at radius 3 is 2.19 bits per heavy atom. The molecule has 6 nitrogen and oxygen atoms in total. The summed E-state index contributed by atoms with van der Waals surface area (Å²) < 4.78 is 16.9. The first kappa shape index (κ1) is 24.5. The maximum Gasteiger partial charge on any atom is 0.335 e. The van der Waals surface area contributed by atoms with Crippen molar-refractivity contribution in [3.63, 3.8) is 0 Å². The summed E-state index contributed by atoms with van der Waals surface area (Å²) in [5.41, 5.74) is 2.52. The van der Waals surface area contributed by atoms with Gasteiger partial charge in [-0.3, -0.25) is 4.79 Å². The van der Waals surface area contributed by atoms with E-state index < -0.39 is 12.3 Å². The Morgan fingerprint density at radius 2 is 1.61 bits per heavy atom. The number of ketones is 1. The summed E-state index contributed by atoms with van der Waals surface area (Å²) in [7, 11) is 1.58. The molecule has 4 fully saturated rings. The lowest BCUT2D eigenvalue weighted by Gasteiger charge is -2.57. The van der Waals surface area contributed by atoms with Gasteiger partial charge in [0, 0.05) is 23.8 Å². The van der Waals surface area contributed by atoms with Crippen molar-refractivity contribution in [3.05, 3.63) is 64.7 Å². The first-order valence-corrected chi connectivity index (χ1v) is 12.7.